The van der Waals surface area contributed by atoms with Gasteiger partial charge >= 0.3 is 5.97 Å². The molecular formula is C15H18ClNO2. The molecule has 19 heavy (non-hydrogen) atoms. The third-order valence-electron chi connectivity index (χ3n) is 4.39. The van der Waals surface area contributed by atoms with Gasteiger partial charge in [0.2, 0.25) is 0 Å². The van der Waals surface area contributed by atoms with Crippen LogP contribution in [0.1, 0.15) is 36.4 Å². The average molecular weight is 280 g/mol. The number of aliphatic carboxylic acids is 1. The van der Waals surface area contributed by atoms with Crippen molar-refractivity contribution in [3.8, 4) is 0 Å². The van der Waals surface area contributed by atoms with Crippen molar-refractivity contribution in [2.75, 3.05) is 13.1 Å². The molecule has 0 bridgehead atoms. The number of hydrogen-bond donors (Lipinski definition) is 1. The maximum Gasteiger partial charge on any atom is 0.307 e. The number of fused-ring (bicyclic) bond motifs is 1. The van der Waals surface area contributed by atoms with Crippen molar-refractivity contribution in [2.24, 2.45) is 5.92 Å². The minimum absolute atomic E-state index is 0.204. The zero-order valence-corrected chi connectivity index (χ0v) is 11.6. The Labute approximate surface area is 118 Å². The molecule has 1 heterocycles. The molecule has 2 unspecified atom stereocenters. The van der Waals surface area contributed by atoms with E-state index in [4.69, 9.17) is 11.6 Å². The van der Waals surface area contributed by atoms with Crippen LogP contribution in [-0.2, 0) is 11.2 Å². The molecular weight excluding hydrogens is 262 g/mol. The fraction of sp³-hybridized carbons (Fsp3) is 0.533. The van der Waals surface area contributed by atoms with Crippen LogP contribution in [0.5, 0.6) is 0 Å². The molecule has 1 aromatic rings. The number of likely N-dealkylation sites (tertiary alicyclic amines) is 1. The molecule has 0 spiro atoms. The Morgan fingerprint density at radius 3 is 3.00 bits per heavy atom. The summed E-state index contributed by atoms with van der Waals surface area (Å²) in [4.78, 5) is 13.5. The Kier molecular flexibility index (Phi) is 3.50. The highest BCUT2D eigenvalue weighted by atomic mass is 35.5. The van der Waals surface area contributed by atoms with Crippen molar-refractivity contribution in [1.82, 2.24) is 4.90 Å². The number of piperidine rings is 1. The Morgan fingerprint density at radius 2 is 2.21 bits per heavy atom. The maximum absolute atomic E-state index is 11.2. The van der Waals surface area contributed by atoms with Crippen LogP contribution >= 0.6 is 11.6 Å². The number of carbonyl (C=O) groups is 1. The molecule has 2 aliphatic rings. The second-order valence-electron chi connectivity index (χ2n) is 5.57. The summed E-state index contributed by atoms with van der Waals surface area (Å²) >= 11 is 6.03. The normalized spacial score (nSPS) is 27.2. The lowest BCUT2D eigenvalue weighted by molar-refractivity contribution is -0.144. The minimum Gasteiger partial charge on any atom is -0.481 e. The average Bonchev–Trinajstić information content (AvgIpc) is 2.81. The lowest BCUT2D eigenvalue weighted by Crippen LogP contribution is -2.40. The smallest absolute Gasteiger partial charge is 0.307 e. The molecule has 2 atom stereocenters. The molecule has 0 saturated carbocycles. The third-order valence-corrected chi connectivity index (χ3v) is 4.63. The predicted octanol–water partition coefficient (Wildman–Crippen LogP) is 3.12. The van der Waals surface area contributed by atoms with E-state index >= 15 is 0 Å². The van der Waals surface area contributed by atoms with Crippen LogP contribution in [0, 0.1) is 5.92 Å². The van der Waals surface area contributed by atoms with Gasteiger partial charge in [0, 0.05) is 17.6 Å². The van der Waals surface area contributed by atoms with Crippen molar-refractivity contribution < 1.29 is 9.90 Å². The number of hydrogen-bond acceptors (Lipinski definition) is 2. The Morgan fingerprint density at radius 1 is 1.37 bits per heavy atom. The Balaban J connectivity index is 1.79. The predicted molar refractivity (Wildman–Crippen MR) is 74.4 cm³/mol. The zero-order chi connectivity index (χ0) is 13.4. The molecule has 0 radical (unpaired) electrons. The molecule has 1 aromatic carbocycles. The monoisotopic (exact) mass is 279 g/mol. The second kappa shape index (κ2) is 5.14. The molecule has 1 fully saturated rings. The number of halogens is 1. The van der Waals surface area contributed by atoms with E-state index in [0.29, 0.717) is 12.6 Å². The van der Waals surface area contributed by atoms with Gasteiger partial charge in [0.15, 0.2) is 0 Å². The zero-order valence-electron chi connectivity index (χ0n) is 10.8. The first-order valence-corrected chi connectivity index (χ1v) is 7.28. The largest absolute Gasteiger partial charge is 0.481 e. The van der Waals surface area contributed by atoms with Crippen molar-refractivity contribution in [2.45, 2.75) is 31.7 Å². The molecule has 3 nitrogen and oxygen atoms in total. The van der Waals surface area contributed by atoms with E-state index in [2.05, 4.69) is 17.0 Å². The van der Waals surface area contributed by atoms with Crippen LogP contribution in [0.25, 0.3) is 0 Å². The first kappa shape index (κ1) is 12.9. The quantitative estimate of drug-likeness (QED) is 0.904. The lowest BCUT2D eigenvalue weighted by Gasteiger charge is -2.35. The molecule has 102 valence electrons. The van der Waals surface area contributed by atoms with Gasteiger partial charge in [-0.1, -0.05) is 17.7 Å². The van der Waals surface area contributed by atoms with E-state index in [1.54, 1.807) is 0 Å². The highest BCUT2D eigenvalue weighted by Gasteiger charge is 2.33. The van der Waals surface area contributed by atoms with Gasteiger partial charge in [-0.3, -0.25) is 9.69 Å². The number of rotatable bonds is 2. The Hall–Kier alpha value is -1.06. The molecule has 1 saturated heterocycles. The van der Waals surface area contributed by atoms with E-state index in [1.807, 2.05) is 6.07 Å². The van der Waals surface area contributed by atoms with Crippen molar-refractivity contribution in [3.05, 3.63) is 34.3 Å². The first-order chi connectivity index (χ1) is 9.15. The molecule has 4 heteroatoms. The van der Waals surface area contributed by atoms with E-state index in [9.17, 15) is 9.90 Å². The van der Waals surface area contributed by atoms with Crippen molar-refractivity contribution in [3.63, 3.8) is 0 Å². The van der Waals surface area contributed by atoms with Gasteiger partial charge in [0.25, 0.3) is 0 Å². The number of benzene rings is 1. The summed E-state index contributed by atoms with van der Waals surface area (Å²) < 4.78 is 0. The lowest BCUT2D eigenvalue weighted by atomic mass is 9.95. The van der Waals surface area contributed by atoms with Crippen LogP contribution in [0.2, 0.25) is 5.02 Å². The molecule has 0 aromatic heterocycles. The molecule has 3 rings (SSSR count). The minimum atomic E-state index is -0.654. The number of carboxylic acid groups (broad SMARTS) is 1. The Bertz CT molecular complexity index is 503. The first-order valence-electron chi connectivity index (χ1n) is 6.90. The summed E-state index contributed by atoms with van der Waals surface area (Å²) in [5.74, 6) is -0.857. The molecule has 1 N–H and O–H groups in total. The summed E-state index contributed by atoms with van der Waals surface area (Å²) in [6.07, 6.45) is 3.93. The van der Waals surface area contributed by atoms with Crippen LogP contribution in [0.4, 0.5) is 0 Å². The van der Waals surface area contributed by atoms with Crippen molar-refractivity contribution >= 4 is 17.6 Å². The van der Waals surface area contributed by atoms with E-state index < -0.39 is 5.97 Å². The summed E-state index contributed by atoms with van der Waals surface area (Å²) in [7, 11) is 0. The fourth-order valence-corrected chi connectivity index (χ4v) is 3.63. The van der Waals surface area contributed by atoms with Gasteiger partial charge in [-0.05, 0) is 55.5 Å². The maximum atomic E-state index is 11.2. The van der Waals surface area contributed by atoms with E-state index in [-0.39, 0.29) is 5.92 Å². The van der Waals surface area contributed by atoms with Crippen LogP contribution in [-0.4, -0.2) is 29.1 Å². The summed E-state index contributed by atoms with van der Waals surface area (Å²) in [6, 6.07) is 6.49. The number of carboxylic acids is 1. The van der Waals surface area contributed by atoms with Crippen LogP contribution in [0.3, 0.4) is 0 Å². The number of aryl methyl sites for hydroxylation is 1. The van der Waals surface area contributed by atoms with Gasteiger partial charge in [-0.2, -0.15) is 0 Å². The summed E-state index contributed by atoms with van der Waals surface area (Å²) in [5, 5.41) is 9.98. The summed E-state index contributed by atoms with van der Waals surface area (Å²) in [5.41, 5.74) is 2.67. The topological polar surface area (TPSA) is 40.5 Å². The second-order valence-corrected chi connectivity index (χ2v) is 6.01. The third kappa shape index (κ3) is 2.49. The van der Waals surface area contributed by atoms with Crippen LogP contribution < -0.4 is 0 Å². The SMILES string of the molecule is O=C(O)C1CCCN(C2CCc3cc(Cl)ccc32)C1. The summed E-state index contributed by atoms with van der Waals surface area (Å²) in [6.45, 7) is 1.69. The van der Waals surface area contributed by atoms with E-state index in [1.165, 1.54) is 11.1 Å². The molecule has 0 amide bonds. The van der Waals surface area contributed by atoms with Crippen LogP contribution in [0.15, 0.2) is 18.2 Å². The number of nitrogens with zero attached hydrogens (tertiary/aromatic N) is 1. The van der Waals surface area contributed by atoms with Gasteiger partial charge in [-0.25, -0.2) is 0 Å². The molecule has 1 aliphatic heterocycles. The molecule has 1 aliphatic carbocycles. The van der Waals surface area contributed by atoms with Gasteiger partial charge < -0.3 is 5.11 Å². The standard InChI is InChI=1S/C15H18ClNO2/c16-12-4-5-13-10(8-12)3-6-14(13)17-7-1-2-11(9-17)15(18)19/h4-5,8,11,14H,1-3,6-7,9H2,(H,18,19). The van der Waals surface area contributed by atoms with Gasteiger partial charge in [0.1, 0.15) is 0 Å². The van der Waals surface area contributed by atoms with E-state index in [0.717, 1.165) is 37.3 Å². The van der Waals surface area contributed by atoms with Crippen molar-refractivity contribution in [1.29, 1.82) is 0 Å². The highest BCUT2D eigenvalue weighted by molar-refractivity contribution is 6.30. The highest BCUT2D eigenvalue weighted by Crippen LogP contribution is 2.38. The van der Waals surface area contributed by atoms with Gasteiger partial charge in [0.05, 0.1) is 5.92 Å². The van der Waals surface area contributed by atoms with Gasteiger partial charge in [-0.15, -0.1) is 0 Å². The fourth-order valence-electron chi connectivity index (χ4n) is 3.43.